The molecule has 4 heteroatoms. The number of hydrogen-bond donors (Lipinski definition) is 0. The van der Waals surface area contributed by atoms with Gasteiger partial charge in [-0.05, 0) is 18.2 Å². The molecule has 2 rings (SSSR count). The lowest BCUT2D eigenvalue weighted by molar-refractivity contribution is 1.29. The van der Waals surface area contributed by atoms with E-state index in [1.54, 1.807) is 6.07 Å². The van der Waals surface area contributed by atoms with E-state index in [0.717, 1.165) is 11.1 Å². The summed E-state index contributed by atoms with van der Waals surface area (Å²) in [6, 6.07) is 7.44. The molecule has 1 heterocycles. The van der Waals surface area contributed by atoms with E-state index < -0.39 is 0 Å². The molecule has 0 atom stereocenters. The number of nitrogens with zero attached hydrogens (tertiary/aromatic N) is 3. The molecule has 0 bridgehead atoms. The fraction of sp³-hybridized carbons (Fsp3) is 0.0833. The van der Waals surface area contributed by atoms with Crippen molar-refractivity contribution in [2.75, 3.05) is 0 Å². The quantitative estimate of drug-likeness (QED) is 0.650. The second-order valence-corrected chi connectivity index (χ2v) is 3.42. The largest absolute Gasteiger partial charge is 0.251 e. The minimum absolute atomic E-state index is 0.221. The molecule has 0 saturated carbocycles. The van der Waals surface area contributed by atoms with Gasteiger partial charge in [0.05, 0.1) is 29.7 Å². The monoisotopic (exact) mass is 227 g/mol. The van der Waals surface area contributed by atoms with Crippen LogP contribution in [0.1, 0.15) is 12.0 Å². The molecule has 2 aromatic rings. The fourth-order valence-corrected chi connectivity index (χ4v) is 1.39. The van der Waals surface area contributed by atoms with Crippen LogP contribution < -0.4 is 0 Å². The van der Waals surface area contributed by atoms with Crippen LogP contribution in [0.5, 0.6) is 0 Å². The van der Waals surface area contributed by atoms with Crippen LogP contribution in [0.3, 0.4) is 0 Å². The highest BCUT2D eigenvalue weighted by Crippen LogP contribution is 2.13. The topological polar surface area (TPSA) is 49.6 Å². The molecule has 0 radical (unpaired) electrons. The average Bonchev–Trinajstić information content (AvgIpc) is 2.29. The van der Waals surface area contributed by atoms with Gasteiger partial charge in [-0.25, -0.2) is 4.98 Å². The Morgan fingerprint density at radius 1 is 1.31 bits per heavy atom. The second-order valence-electron chi connectivity index (χ2n) is 3.03. The Morgan fingerprint density at radius 3 is 3.00 bits per heavy atom. The smallest absolute Gasteiger partial charge is 0.148 e. The molecular weight excluding hydrogens is 222 g/mol. The Kier molecular flexibility index (Phi) is 3.00. The SMILES string of the molecule is N#CCC#Cc1ccc2ncc(Cl)nc2c1. The zero-order valence-electron chi connectivity index (χ0n) is 8.24. The van der Waals surface area contributed by atoms with Gasteiger partial charge in [-0.3, -0.25) is 4.98 Å². The van der Waals surface area contributed by atoms with Crippen molar-refractivity contribution in [3.63, 3.8) is 0 Å². The van der Waals surface area contributed by atoms with Gasteiger partial charge in [-0.1, -0.05) is 23.4 Å². The van der Waals surface area contributed by atoms with Crippen LogP contribution in [0.4, 0.5) is 0 Å². The molecule has 0 N–H and O–H groups in total. The lowest BCUT2D eigenvalue weighted by Crippen LogP contribution is -1.85. The molecule has 0 aliphatic rings. The van der Waals surface area contributed by atoms with E-state index in [1.165, 1.54) is 6.20 Å². The first kappa shape index (κ1) is 10.4. The van der Waals surface area contributed by atoms with Crippen molar-refractivity contribution in [3.8, 4) is 17.9 Å². The molecule has 0 fully saturated rings. The third-order valence-corrected chi connectivity index (χ3v) is 2.10. The molecule has 76 valence electrons. The second kappa shape index (κ2) is 4.61. The summed E-state index contributed by atoms with van der Waals surface area (Å²) in [6.07, 6.45) is 1.73. The van der Waals surface area contributed by atoms with Crippen LogP contribution in [0.15, 0.2) is 24.4 Å². The fourth-order valence-electron chi connectivity index (χ4n) is 1.25. The van der Waals surface area contributed by atoms with Crippen LogP contribution in [0, 0.1) is 23.2 Å². The molecule has 0 aliphatic heterocycles. The summed E-state index contributed by atoms with van der Waals surface area (Å²) in [5, 5.41) is 8.72. The Morgan fingerprint density at radius 2 is 2.19 bits per heavy atom. The number of rotatable bonds is 0. The van der Waals surface area contributed by atoms with Gasteiger partial charge in [0, 0.05) is 5.56 Å². The Hall–Kier alpha value is -2.10. The highest BCUT2D eigenvalue weighted by molar-refractivity contribution is 6.29. The van der Waals surface area contributed by atoms with Crippen LogP contribution in [-0.2, 0) is 0 Å². The summed E-state index contributed by atoms with van der Waals surface area (Å²) < 4.78 is 0. The molecule has 0 saturated heterocycles. The predicted molar refractivity (Wildman–Crippen MR) is 61.7 cm³/mol. The van der Waals surface area contributed by atoms with Gasteiger partial charge in [0.2, 0.25) is 0 Å². The highest BCUT2D eigenvalue weighted by atomic mass is 35.5. The van der Waals surface area contributed by atoms with Crippen molar-refractivity contribution in [2.24, 2.45) is 0 Å². The Bertz CT molecular complexity index is 632. The number of fused-ring (bicyclic) bond motifs is 1. The van der Waals surface area contributed by atoms with Gasteiger partial charge in [0.1, 0.15) is 5.15 Å². The van der Waals surface area contributed by atoms with E-state index in [2.05, 4.69) is 21.8 Å². The molecule has 1 aromatic heterocycles. The van der Waals surface area contributed by atoms with E-state index >= 15 is 0 Å². The molecule has 0 aliphatic carbocycles. The van der Waals surface area contributed by atoms with Crippen LogP contribution in [-0.4, -0.2) is 9.97 Å². The molecule has 0 unspecified atom stereocenters. The lowest BCUT2D eigenvalue weighted by Gasteiger charge is -1.97. The number of aromatic nitrogens is 2. The maximum atomic E-state index is 8.36. The highest BCUT2D eigenvalue weighted by Gasteiger charge is 1.98. The summed E-state index contributed by atoms with van der Waals surface area (Å²) in [5.41, 5.74) is 2.28. The summed E-state index contributed by atoms with van der Waals surface area (Å²) >= 11 is 5.75. The standard InChI is InChI=1S/C12H6ClN3/c13-12-8-15-10-5-4-9(3-1-2-6-14)7-11(10)16-12/h4-5,7-8H,2H2. The van der Waals surface area contributed by atoms with Crippen molar-refractivity contribution >= 4 is 22.6 Å². The van der Waals surface area contributed by atoms with Crippen molar-refractivity contribution in [1.29, 1.82) is 5.26 Å². The number of benzene rings is 1. The van der Waals surface area contributed by atoms with E-state index in [1.807, 2.05) is 18.2 Å². The first-order valence-corrected chi connectivity index (χ1v) is 4.95. The van der Waals surface area contributed by atoms with Gasteiger partial charge < -0.3 is 0 Å². The van der Waals surface area contributed by atoms with Gasteiger partial charge in [-0.2, -0.15) is 5.26 Å². The summed E-state index contributed by atoms with van der Waals surface area (Å²) in [5.74, 6) is 5.61. The number of nitriles is 1. The number of halogens is 1. The lowest BCUT2D eigenvalue weighted by atomic mass is 10.2. The van der Waals surface area contributed by atoms with E-state index in [-0.39, 0.29) is 6.42 Å². The molecule has 0 spiro atoms. The minimum atomic E-state index is 0.221. The zero-order chi connectivity index (χ0) is 11.4. The zero-order valence-corrected chi connectivity index (χ0v) is 8.99. The average molecular weight is 228 g/mol. The van der Waals surface area contributed by atoms with Gasteiger partial charge in [0.25, 0.3) is 0 Å². The number of hydrogen-bond acceptors (Lipinski definition) is 3. The third-order valence-electron chi connectivity index (χ3n) is 1.91. The normalized spacial score (nSPS) is 9.25. The van der Waals surface area contributed by atoms with Gasteiger partial charge in [-0.15, -0.1) is 0 Å². The molecule has 0 amide bonds. The summed E-state index contributed by atoms with van der Waals surface area (Å²) in [6.45, 7) is 0. The molecular formula is C12H6ClN3. The van der Waals surface area contributed by atoms with Crippen molar-refractivity contribution in [3.05, 3.63) is 35.1 Å². The van der Waals surface area contributed by atoms with Crippen molar-refractivity contribution in [2.45, 2.75) is 6.42 Å². The Labute approximate surface area is 97.7 Å². The van der Waals surface area contributed by atoms with Gasteiger partial charge in [0.15, 0.2) is 0 Å². The van der Waals surface area contributed by atoms with Crippen LogP contribution >= 0.6 is 11.6 Å². The third kappa shape index (κ3) is 2.28. The maximum absolute atomic E-state index is 8.36. The summed E-state index contributed by atoms with van der Waals surface area (Å²) in [7, 11) is 0. The Balaban J connectivity index is 2.45. The van der Waals surface area contributed by atoms with E-state index in [4.69, 9.17) is 16.9 Å². The van der Waals surface area contributed by atoms with Gasteiger partial charge >= 0.3 is 0 Å². The first-order chi connectivity index (χ1) is 7.79. The molecule has 3 nitrogen and oxygen atoms in total. The van der Waals surface area contributed by atoms with E-state index in [9.17, 15) is 0 Å². The molecule has 1 aromatic carbocycles. The van der Waals surface area contributed by atoms with Crippen molar-refractivity contribution < 1.29 is 0 Å². The maximum Gasteiger partial charge on any atom is 0.148 e. The van der Waals surface area contributed by atoms with E-state index in [0.29, 0.717) is 10.7 Å². The van der Waals surface area contributed by atoms with Crippen molar-refractivity contribution in [1.82, 2.24) is 9.97 Å². The minimum Gasteiger partial charge on any atom is -0.251 e. The van der Waals surface area contributed by atoms with Crippen LogP contribution in [0.2, 0.25) is 5.15 Å². The summed E-state index contributed by atoms with van der Waals surface area (Å²) in [4.78, 5) is 8.26. The van der Waals surface area contributed by atoms with Crippen LogP contribution in [0.25, 0.3) is 11.0 Å². The predicted octanol–water partition coefficient (Wildman–Crippen LogP) is 2.55. The first-order valence-electron chi connectivity index (χ1n) is 4.58. The molecule has 16 heavy (non-hydrogen) atoms.